The van der Waals surface area contributed by atoms with E-state index < -0.39 is 27.7 Å². The second-order valence-electron chi connectivity index (χ2n) is 3.50. The summed E-state index contributed by atoms with van der Waals surface area (Å²) in [5.74, 6) is -0.412. The van der Waals surface area contributed by atoms with Crippen LogP contribution in [0.25, 0.3) is 0 Å². The van der Waals surface area contributed by atoms with E-state index in [9.17, 15) is 17.1 Å². The van der Waals surface area contributed by atoms with E-state index in [0.717, 1.165) is 0 Å². The van der Waals surface area contributed by atoms with Gasteiger partial charge in [0, 0.05) is 27.2 Å². The molecule has 1 rings (SSSR count). The summed E-state index contributed by atoms with van der Waals surface area (Å²) in [5.41, 5.74) is 0. The van der Waals surface area contributed by atoms with Crippen LogP contribution in [0.5, 0.6) is 0 Å². The number of rotatable bonds is 5. The first kappa shape index (κ1) is 13.3. The van der Waals surface area contributed by atoms with Gasteiger partial charge in [0.2, 0.25) is 5.91 Å². The summed E-state index contributed by atoms with van der Waals surface area (Å²) in [6.07, 6.45) is -0.955. The molecule has 0 N–H and O–H groups in total. The van der Waals surface area contributed by atoms with Crippen LogP contribution in [-0.2, 0) is 24.5 Å². The van der Waals surface area contributed by atoms with Crippen molar-refractivity contribution in [1.29, 1.82) is 0 Å². The van der Waals surface area contributed by atoms with Crippen LogP contribution in [0.4, 0.5) is 3.89 Å². The molecule has 16 heavy (non-hydrogen) atoms. The lowest BCUT2D eigenvalue weighted by molar-refractivity contribution is -0.141. The molecule has 1 saturated heterocycles. The number of amides is 1. The van der Waals surface area contributed by atoms with Gasteiger partial charge in [-0.1, -0.05) is 0 Å². The van der Waals surface area contributed by atoms with Crippen LogP contribution >= 0.6 is 0 Å². The topological polar surface area (TPSA) is 72.9 Å². The van der Waals surface area contributed by atoms with Gasteiger partial charge in [-0.05, 0) is 0 Å². The van der Waals surface area contributed by atoms with Gasteiger partial charge in [-0.3, -0.25) is 4.79 Å². The Balaban J connectivity index is 2.62. The quantitative estimate of drug-likeness (QED) is 0.489. The average molecular weight is 255 g/mol. The number of carbonyl (C=O) groups excluding carboxylic acids is 1. The molecule has 0 aromatic carbocycles. The number of methoxy groups -OCH3 is 2. The minimum atomic E-state index is -4.66. The van der Waals surface area contributed by atoms with E-state index in [0.29, 0.717) is 0 Å². The number of ether oxygens (including phenoxy) is 2. The van der Waals surface area contributed by atoms with Gasteiger partial charge in [0.15, 0.2) is 6.29 Å². The molecule has 6 nitrogen and oxygen atoms in total. The predicted octanol–water partition coefficient (Wildman–Crippen LogP) is -0.494. The molecule has 1 heterocycles. The lowest BCUT2D eigenvalue weighted by Gasteiger charge is -2.21. The van der Waals surface area contributed by atoms with Crippen molar-refractivity contribution in [2.75, 3.05) is 27.3 Å². The third kappa shape index (κ3) is 3.13. The van der Waals surface area contributed by atoms with Crippen molar-refractivity contribution in [3.05, 3.63) is 0 Å². The third-order valence-electron chi connectivity index (χ3n) is 2.47. The average Bonchev–Trinajstić information content (AvgIpc) is 2.56. The highest BCUT2D eigenvalue weighted by Crippen LogP contribution is 2.20. The maximum Gasteiger partial charge on any atom is 0.307 e. The first-order valence-corrected chi connectivity index (χ1v) is 6.10. The molecule has 94 valence electrons. The molecule has 0 saturated carbocycles. The molecular weight excluding hydrogens is 241 g/mol. The fraction of sp³-hybridized carbons (Fsp3) is 0.875. The highest BCUT2D eigenvalue weighted by atomic mass is 32.3. The van der Waals surface area contributed by atoms with E-state index in [1.807, 2.05) is 0 Å². The molecule has 1 amide bonds. The SMILES string of the molecule is COC(CN1CC(S(=O)(=O)F)CC1=O)OC. The lowest BCUT2D eigenvalue weighted by Crippen LogP contribution is -2.36. The molecule has 0 radical (unpaired) electrons. The molecule has 1 aliphatic rings. The molecule has 1 unspecified atom stereocenters. The summed E-state index contributed by atoms with van der Waals surface area (Å²) in [7, 11) is -1.86. The smallest absolute Gasteiger partial charge is 0.307 e. The Bertz CT molecular complexity index is 353. The van der Waals surface area contributed by atoms with Crippen molar-refractivity contribution in [3.63, 3.8) is 0 Å². The van der Waals surface area contributed by atoms with Crippen molar-refractivity contribution in [3.8, 4) is 0 Å². The highest BCUT2D eigenvalue weighted by molar-refractivity contribution is 7.87. The van der Waals surface area contributed by atoms with Gasteiger partial charge in [-0.25, -0.2) is 0 Å². The summed E-state index contributed by atoms with van der Waals surface area (Å²) in [4.78, 5) is 12.6. The Morgan fingerprint density at radius 1 is 1.50 bits per heavy atom. The van der Waals surface area contributed by atoms with Gasteiger partial charge in [-0.15, -0.1) is 3.89 Å². The van der Waals surface area contributed by atoms with Gasteiger partial charge in [-0.2, -0.15) is 8.42 Å². The van der Waals surface area contributed by atoms with Gasteiger partial charge in [0.1, 0.15) is 5.25 Å². The largest absolute Gasteiger partial charge is 0.354 e. The number of halogens is 1. The Hall–Kier alpha value is -0.730. The van der Waals surface area contributed by atoms with Crippen LogP contribution in [-0.4, -0.2) is 58.1 Å². The van der Waals surface area contributed by atoms with Crippen LogP contribution in [0.1, 0.15) is 6.42 Å². The van der Waals surface area contributed by atoms with E-state index in [1.165, 1.54) is 19.1 Å². The molecule has 0 spiro atoms. The van der Waals surface area contributed by atoms with Gasteiger partial charge in [0.05, 0.1) is 6.54 Å². The molecule has 0 aliphatic carbocycles. The van der Waals surface area contributed by atoms with E-state index in [4.69, 9.17) is 9.47 Å². The van der Waals surface area contributed by atoms with Crippen LogP contribution < -0.4 is 0 Å². The molecule has 0 aromatic heterocycles. The Kier molecular flexibility index (Phi) is 4.22. The van der Waals surface area contributed by atoms with Crippen molar-refractivity contribution >= 4 is 16.1 Å². The highest BCUT2D eigenvalue weighted by Gasteiger charge is 2.39. The standard InChI is InChI=1S/C8H14FNO5S/c1-14-8(15-2)5-10-4-6(3-7(10)11)16(9,12)13/h6,8H,3-5H2,1-2H3. The molecule has 0 bridgehead atoms. The molecule has 0 aromatic rings. The number of likely N-dealkylation sites (tertiary alicyclic amines) is 1. The molecule has 1 aliphatic heterocycles. The molecule has 1 atom stereocenters. The Morgan fingerprint density at radius 3 is 2.44 bits per heavy atom. The fourth-order valence-electron chi connectivity index (χ4n) is 1.53. The monoisotopic (exact) mass is 255 g/mol. The predicted molar refractivity (Wildman–Crippen MR) is 52.8 cm³/mol. The summed E-state index contributed by atoms with van der Waals surface area (Å²) < 4.78 is 43.7. The maximum atomic E-state index is 12.7. The Morgan fingerprint density at radius 2 is 2.06 bits per heavy atom. The number of nitrogens with zero attached hydrogens (tertiary/aromatic N) is 1. The molecular formula is C8H14FNO5S. The Labute approximate surface area is 93.5 Å². The van der Waals surface area contributed by atoms with Gasteiger partial charge in [0.25, 0.3) is 0 Å². The minimum Gasteiger partial charge on any atom is -0.354 e. The normalized spacial score (nSPS) is 22.1. The summed E-state index contributed by atoms with van der Waals surface area (Å²) >= 11 is 0. The van der Waals surface area contributed by atoms with Crippen LogP contribution in [0.3, 0.4) is 0 Å². The van der Waals surface area contributed by atoms with Crippen LogP contribution in [0.2, 0.25) is 0 Å². The second-order valence-corrected chi connectivity index (χ2v) is 5.12. The van der Waals surface area contributed by atoms with E-state index >= 15 is 0 Å². The van der Waals surface area contributed by atoms with Crippen molar-refractivity contribution < 1.29 is 26.6 Å². The summed E-state index contributed by atoms with van der Waals surface area (Å²) in [5, 5.41) is -1.27. The van der Waals surface area contributed by atoms with E-state index in [2.05, 4.69) is 0 Å². The third-order valence-corrected chi connectivity index (χ3v) is 3.58. The summed E-state index contributed by atoms with van der Waals surface area (Å²) in [6.45, 7) is -0.0568. The number of hydrogen-bond donors (Lipinski definition) is 0. The van der Waals surface area contributed by atoms with Crippen LogP contribution in [0, 0.1) is 0 Å². The molecule has 8 heteroatoms. The first-order chi connectivity index (χ1) is 7.38. The van der Waals surface area contributed by atoms with Crippen molar-refractivity contribution in [2.45, 2.75) is 18.0 Å². The zero-order valence-corrected chi connectivity index (χ0v) is 9.87. The number of hydrogen-bond acceptors (Lipinski definition) is 5. The first-order valence-electron chi connectivity index (χ1n) is 4.65. The van der Waals surface area contributed by atoms with Crippen molar-refractivity contribution in [1.82, 2.24) is 4.90 Å². The van der Waals surface area contributed by atoms with Crippen LogP contribution in [0.15, 0.2) is 0 Å². The zero-order chi connectivity index (χ0) is 12.3. The fourth-order valence-corrected chi connectivity index (χ4v) is 2.23. The number of carbonyl (C=O) groups is 1. The minimum absolute atomic E-state index is 0.0951. The lowest BCUT2D eigenvalue weighted by atomic mass is 10.4. The molecule has 1 fully saturated rings. The van der Waals surface area contributed by atoms with Gasteiger partial charge >= 0.3 is 10.2 Å². The van der Waals surface area contributed by atoms with Gasteiger partial charge < -0.3 is 14.4 Å². The van der Waals surface area contributed by atoms with E-state index in [-0.39, 0.29) is 19.5 Å². The second kappa shape index (κ2) is 5.07. The van der Waals surface area contributed by atoms with Crippen molar-refractivity contribution in [2.24, 2.45) is 0 Å². The maximum absolute atomic E-state index is 12.7. The summed E-state index contributed by atoms with van der Waals surface area (Å²) in [6, 6.07) is 0. The van der Waals surface area contributed by atoms with E-state index in [1.54, 1.807) is 0 Å². The zero-order valence-electron chi connectivity index (χ0n) is 9.05.